The molecule has 1 N–H and O–H groups in total. The summed E-state index contributed by atoms with van der Waals surface area (Å²) in [6.07, 6.45) is 2.75. The van der Waals surface area contributed by atoms with Gasteiger partial charge in [0.05, 0.1) is 0 Å². The predicted molar refractivity (Wildman–Crippen MR) is 163 cm³/mol. The first-order valence-electron chi connectivity index (χ1n) is 13.3. The highest BCUT2D eigenvalue weighted by molar-refractivity contribution is 9.10. The third kappa shape index (κ3) is 7.51. The highest BCUT2D eigenvalue weighted by Crippen LogP contribution is 2.20. The molecule has 1 heterocycles. The van der Waals surface area contributed by atoms with Crippen LogP contribution in [0, 0.1) is 5.92 Å². The zero-order chi connectivity index (χ0) is 27.9. The predicted octanol–water partition coefficient (Wildman–Crippen LogP) is 6.37. The summed E-state index contributed by atoms with van der Waals surface area (Å²) in [6.45, 7) is 5.71. The molecule has 0 aliphatic carbocycles. The molecule has 204 valence electrons. The molecule has 0 fully saturated rings. The average Bonchev–Trinajstić information content (AvgIpc) is 3.33. The fourth-order valence-electron chi connectivity index (χ4n) is 4.70. The van der Waals surface area contributed by atoms with Crippen molar-refractivity contribution in [2.75, 3.05) is 38.6 Å². The maximum Gasteiger partial charge on any atom is 0.254 e. The van der Waals surface area contributed by atoms with E-state index >= 15 is 0 Å². The average molecular weight is 590 g/mol. The van der Waals surface area contributed by atoms with Crippen molar-refractivity contribution in [2.45, 2.75) is 26.8 Å². The smallest absolute Gasteiger partial charge is 0.254 e. The number of benzene rings is 3. The lowest BCUT2D eigenvalue weighted by molar-refractivity contribution is -0.132. The van der Waals surface area contributed by atoms with Crippen molar-refractivity contribution in [3.05, 3.63) is 100 Å². The van der Waals surface area contributed by atoms with Crippen LogP contribution < -0.4 is 4.90 Å². The first-order chi connectivity index (χ1) is 18.7. The molecule has 0 unspecified atom stereocenters. The molecule has 0 bridgehead atoms. The van der Waals surface area contributed by atoms with Gasteiger partial charge in [-0.1, -0.05) is 60.1 Å². The Labute approximate surface area is 239 Å². The van der Waals surface area contributed by atoms with E-state index in [4.69, 9.17) is 0 Å². The van der Waals surface area contributed by atoms with Gasteiger partial charge in [0.25, 0.3) is 5.91 Å². The fourth-order valence-corrected chi connectivity index (χ4v) is 4.97. The van der Waals surface area contributed by atoms with Crippen LogP contribution in [-0.2, 0) is 17.8 Å². The van der Waals surface area contributed by atoms with E-state index in [1.54, 1.807) is 17.0 Å². The molecular weight excluding hydrogens is 552 g/mol. The van der Waals surface area contributed by atoms with E-state index in [2.05, 4.69) is 76.1 Å². The molecule has 0 aliphatic rings. The summed E-state index contributed by atoms with van der Waals surface area (Å²) in [7, 11) is 4.02. The van der Waals surface area contributed by atoms with Gasteiger partial charge >= 0.3 is 0 Å². The Morgan fingerprint density at radius 3 is 2.26 bits per heavy atom. The Hall–Kier alpha value is -3.58. The van der Waals surface area contributed by atoms with Gasteiger partial charge in [-0.2, -0.15) is 0 Å². The van der Waals surface area contributed by atoms with Crippen LogP contribution in [0.15, 0.2) is 83.5 Å². The van der Waals surface area contributed by atoms with Crippen molar-refractivity contribution < 1.29 is 9.59 Å². The number of carbonyl (C=O) groups is 2. The highest BCUT2D eigenvalue weighted by atomic mass is 79.9. The first-order valence-corrected chi connectivity index (χ1v) is 14.1. The lowest BCUT2D eigenvalue weighted by atomic mass is 10.1. The third-order valence-electron chi connectivity index (χ3n) is 6.79. The number of nitrogens with zero attached hydrogens (tertiary/aromatic N) is 3. The number of aromatic nitrogens is 1. The van der Waals surface area contributed by atoms with Crippen LogP contribution in [0.4, 0.5) is 5.69 Å². The van der Waals surface area contributed by atoms with Crippen molar-refractivity contribution in [2.24, 2.45) is 5.92 Å². The number of hydrogen-bond donors (Lipinski definition) is 1. The Balaban J connectivity index is 1.56. The number of H-pyrrole nitrogens is 1. The summed E-state index contributed by atoms with van der Waals surface area (Å²) in [5.41, 5.74) is 5.02. The molecule has 4 rings (SSSR count). The molecule has 0 radical (unpaired) electrons. The fraction of sp³-hybridized carbons (Fsp3) is 0.312. The van der Waals surface area contributed by atoms with Gasteiger partial charge in [-0.05, 0) is 65.9 Å². The molecule has 39 heavy (non-hydrogen) atoms. The van der Waals surface area contributed by atoms with Crippen LogP contribution >= 0.6 is 15.9 Å². The van der Waals surface area contributed by atoms with Gasteiger partial charge in [0.2, 0.25) is 5.91 Å². The Kier molecular flexibility index (Phi) is 9.46. The SMILES string of the molecule is CC(C)CN(CC(=O)N(CCc1c[nH]c2ccccc12)Cc1ccc(N(C)C)cc1)C(=O)c1ccc(Br)cc1. The number of anilines is 1. The molecule has 2 amide bonds. The van der Waals surface area contributed by atoms with E-state index in [0.29, 0.717) is 25.2 Å². The van der Waals surface area contributed by atoms with Crippen molar-refractivity contribution in [1.82, 2.24) is 14.8 Å². The number of carbonyl (C=O) groups excluding carboxylic acids is 2. The monoisotopic (exact) mass is 588 g/mol. The first kappa shape index (κ1) is 28.4. The van der Waals surface area contributed by atoms with E-state index in [1.807, 2.05) is 49.5 Å². The molecule has 4 aromatic rings. The molecule has 1 aromatic heterocycles. The maximum absolute atomic E-state index is 13.8. The van der Waals surface area contributed by atoms with E-state index in [0.717, 1.165) is 27.7 Å². The van der Waals surface area contributed by atoms with E-state index in [-0.39, 0.29) is 24.3 Å². The Morgan fingerprint density at radius 1 is 0.897 bits per heavy atom. The number of aromatic amines is 1. The third-order valence-corrected chi connectivity index (χ3v) is 7.32. The molecule has 3 aromatic carbocycles. The lowest BCUT2D eigenvalue weighted by Gasteiger charge is -2.29. The molecular formula is C32H37BrN4O2. The van der Waals surface area contributed by atoms with Crippen LogP contribution in [0.2, 0.25) is 0 Å². The second-order valence-electron chi connectivity index (χ2n) is 10.6. The second kappa shape index (κ2) is 13.0. The maximum atomic E-state index is 13.8. The van der Waals surface area contributed by atoms with Crippen LogP contribution in [0.25, 0.3) is 10.9 Å². The van der Waals surface area contributed by atoms with E-state index in [9.17, 15) is 9.59 Å². The number of para-hydroxylation sites is 1. The molecule has 6 nitrogen and oxygen atoms in total. The lowest BCUT2D eigenvalue weighted by Crippen LogP contribution is -2.44. The summed E-state index contributed by atoms with van der Waals surface area (Å²) in [6, 6.07) is 23.8. The number of nitrogens with one attached hydrogen (secondary N) is 1. The normalized spacial score (nSPS) is 11.1. The summed E-state index contributed by atoms with van der Waals surface area (Å²) in [4.78, 5) is 36.2. The van der Waals surface area contributed by atoms with E-state index in [1.165, 1.54) is 10.9 Å². The number of halogens is 1. The number of rotatable bonds is 11. The molecule has 0 spiro atoms. The van der Waals surface area contributed by atoms with Gasteiger partial charge in [-0.25, -0.2) is 0 Å². The molecule has 0 saturated heterocycles. The summed E-state index contributed by atoms with van der Waals surface area (Å²) in [5.74, 6) is 0.0459. The summed E-state index contributed by atoms with van der Waals surface area (Å²) in [5, 5.41) is 1.17. The molecule has 0 saturated carbocycles. The van der Waals surface area contributed by atoms with Gasteiger partial charge in [-0.15, -0.1) is 0 Å². The van der Waals surface area contributed by atoms with Crippen molar-refractivity contribution in [1.29, 1.82) is 0 Å². The zero-order valence-corrected chi connectivity index (χ0v) is 24.7. The number of fused-ring (bicyclic) bond motifs is 1. The summed E-state index contributed by atoms with van der Waals surface area (Å²) >= 11 is 3.43. The van der Waals surface area contributed by atoms with Crippen molar-refractivity contribution in [3.63, 3.8) is 0 Å². The van der Waals surface area contributed by atoms with Crippen molar-refractivity contribution in [3.8, 4) is 0 Å². The summed E-state index contributed by atoms with van der Waals surface area (Å²) < 4.78 is 0.911. The van der Waals surface area contributed by atoms with Gasteiger partial charge < -0.3 is 19.7 Å². The van der Waals surface area contributed by atoms with Crippen LogP contribution in [0.1, 0.15) is 35.3 Å². The minimum atomic E-state index is -0.128. The standard InChI is InChI=1S/C32H37BrN4O2/c1-23(2)20-37(32(39)25-11-13-27(33)14-12-25)22-31(38)36(21-24-9-15-28(16-10-24)35(3)4)18-17-26-19-34-30-8-6-5-7-29(26)30/h5-16,19,23,34H,17-18,20-22H2,1-4H3. The largest absolute Gasteiger partial charge is 0.378 e. The minimum Gasteiger partial charge on any atom is -0.378 e. The topological polar surface area (TPSA) is 59.7 Å². The Bertz CT molecular complexity index is 1390. The number of amides is 2. The van der Waals surface area contributed by atoms with Crippen molar-refractivity contribution >= 4 is 44.3 Å². The number of hydrogen-bond acceptors (Lipinski definition) is 3. The quantitative estimate of drug-likeness (QED) is 0.221. The minimum absolute atomic E-state index is 0.0384. The van der Waals surface area contributed by atoms with Crippen LogP contribution in [0.3, 0.4) is 0 Å². The molecule has 0 aliphatic heterocycles. The zero-order valence-electron chi connectivity index (χ0n) is 23.2. The highest BCUT2D eigenvalue weighted by Gasteiger charge is 2.24. The van der Waals surface area contributed by atoms with E-state index < -0.39 is 0 Å². The van der Waals surface area contributed by atoms with Crippen LogP contribution in [0.5, 0.6) is 0 Å². The van der Waals surface area contributed by atoms with Gasteiger partial charge in [0.1, 0.15) is 6.54 Å². The second-order valence-corrected chi connectivity index (χ2v) is 11.5. The van der Waals surface area contributed by atoms with Gasteiger partial charge in [0, 0.05) is 66.6 Å². The van der Waals surface area contributed by atoms with Crippen LogP contribution in [-0.4, -0.2) is 60.3 Å². The molecule has 7 heteroatoms. The molecule has 0 atom stereocenters. The Morgan fingerprint density at radius 2 is 1.59 bits per heavy atom. The van der Waals surface area contributed by atoms with Gasteiger partial charge in [0.15, 0.2) is 0 Å². The van der Waals surface area contributed by atoms with Gasteiger partial charge in [-0.3, -0.25) is 9.59 Å².